The molecule has 2 aromatic carbocycles. The van der Waals surface area contributed by atoms with Crippen molar-refractivity contribution >= 4 is 17.5 Å². The lowest BCUT2D eigenvalue weighted by molar-refractivity contribution is 0.0749. The molecule has 4 rings (SSSR count). The van der Waals surface area contributed by atoms with Crippen molar-refractivity contribution in [1.82, 2.24) is 15.0 Å². The third-order valence-electron chi connectivity index (χ3n) is 6.47. The van der Waals surface area contributed by atoms with Crippen molar-refractivity contribution in [2.24, 2.45) is 0 Å². The molecule has 1 amide bonds. The molecule has 1 aromatic heterocycles. The Balaban J connectivity index is 1.73. The van der Waals surface area contributed by atoms with Crippen molar-refractivity contribution in [3.63, 3.8) is 0 Å². The molecule has 1 N–H and O–H groups in total. The Hall–Kier alpha value is -2.96. The Morgan fingerprint density at radius 3 is 2.50 bits per heavy atom. The largest absolute Gasteiger partial charge is 0.497 e. The Kier molecular flexibility index (Phi) is 7.80. The predicted octanol–water partition coefficient (Wildman–Crippen LogP) is 5.51. The highest BCUT2D eigenvalue weighted by Crippen LogP contribution is 2.36. The van der Waals surface area contributed by atoms with E-state index in [9.17, 15) is 4.79 Å². The van der Waals surface area contributed by atoms with Gasteiger partial charge in [-0.25, -0.2) is 5.01 Å². The van der Waals surface area contributed by atoms with Crippen molar-refractivity contribution in [3.8, 4) is 22.8 Å². The molecule has 6 nitrogen and oxygen atoms in total. The van der Waals surface area contributed by atoms with E-state index < -0.39 is 0 Å². The number of benzene rings is 2. The molecule has 1 fully saturated rings. The van der Waals surface area contributed by atoms with E-state index >= 15 is 0 Å². The summed E-state index contributed by atoms with van der Waals surface area (Å²) in [4.78, 5) is 13.3. The maximum Gasteiger partial charge on any atom is 0.267 e. The van der Waals surface area contributed by atoms with Gasteiger partial charge in [0.1, 0.15) is 11.5 Å². The minimum absolute atomic E-state index is 0.0843. The van der Waals surface area contributed by atoms with Gasteiger partial charge < -0.3 is 14.0 Å². The zero-order valence-electron chi connectivity index (χ0n) is 20.1. The van der Waals surface area contributed by atoms with Crippen LogP contribution in [0.4, 0.5) is 0 Å². The SMILES string of the molecule is COc1ccc(OC)c(-c2cc(C(=O)NN3CCCCC3)c(C)n2CCc2ccccc2Cl)c1. The number of rotatable bonds is 8. The average molecular weight is 482 g/mol. The molecule has 180 valence electrons. The molecule has 1 aliphatic heterocycles. The van der Waals surface area contributed by atoms with Crippen molar-refractivity contribution in [2.45, 2.75) is 39.2 Å². The van der Waals surface area contributed by atoms with Gasteiger partial charge in [-0.1, -0.05) is 36.2 Å². The summed E-state index contributed by atoms with van der Waals surface area (Å²) in [6.45, 7) is 4.43. The number of piperidine rings is 1. The van der Waals surface area contributed by atoms with E-state index in [0.717, 1.165) is 71.4 Å². The van der Waals surface area contributed by atoms with Crippen LogP contribution in [-0.2, 0) is 13.0 Å². The monoisotopic (exact) mass is 481 g/mol. The number of nitrogens with zero attached hydrogens (tertiary/aromatic N) is 2. The molecule has 0 bridgehead atoms. The van der Waals surface area contributed by atoms with E-state index in [1.165, 1.54) is 6.42 Å². The number of hydrogen-bond acceptors (Lipinski definition) is 4. The van der Waals surface area contributed by atoms with Crippen LogP contribution in [0.1, 0.15) is 40.9 Å². The summed E-state index contributed by atoms with van der Waals surface area (Å²) < 4.78 is 13.3. The Labute approximate surface area is 206 Å². The topological polar surface area (TPSA) is 55.7 Å². The summed E-state index contributed by atoms with van der Waals surface area (Å²) >= 11 is 6.42. The van der Waals surface area contributed by atoms with Crippen LogP contribution in [0, 0.1) is 6.92 Å². The fraction of sp³-hybridized carbons (Fsp3) is 0.370. The Morgan fingerprint density at radius 1 is 1.03 bits per heavy atom. The van der Waals surface area contributed by atoms with Crippen LogP contribution in [0.3, 0.4) is 0 Å². The second-order valence-electron chi connectivity index (χ2n) is 8.58. The summed E-state index contributed by atoms with van der Waals surface area (Å²) in [6.07, 6.45) is 4.15. The second-order valence-corrected chi connectivity index (χ2v) is 8.98. The number of ether oxygens (including phenoxy) is 2. The summed E-state index contributed by atoms with van der Waals surface area (Å²) in [5, 5.41) is 2.77. The van der Waals surface area contributed by atoms with Crippen LogP contribution in [0.5, 0.6) is 11.5 Å². The number of aromatic nitrogens is 1. The van der Waals surface area contributed by atoms with E-state index in [1.54, 1.807) is 14.2 Å². The van der Waals surface area contributed by atoms with Crippen molar-refractivity contribution in [3.05, 3.63) is 70.4 Å². The van der Waals surface area contributed by atoms with E-state index in [0.29, 0.717) is 12.1 Å². The van der Waals surface area contributed by atoms with Crippen molar-refractivity contribution in [2.75, 3.05) is 27.3 Å². The number of amides is 1. The predicted molar refractivity (Wildman–Crippen MR) is 136 cm³/mol. The number of methoxy groups -OCH3 is 2. The highest BCUT2D eigenvalue weighted by atomic mass is 35.5. The molecule has 34 heavy (non-hydrogen) atoms. The van der Waals surface area contributed by atoms with Gasteiger partial charge in [-0.05, 0) is 62.1 Å². The van der Waals surface area contributed by atoms with Gasteiger partial charge in [0, 0.05) is 35.9 Å². The Bertz CT molecular complexity index is 1150. The first kappa shape index (κ1) is 24.2. The molecule has 0 spiro atoms. The van der Waals surface area contributed by atoms with Crippen LogP contribution < -0.4 is 14.9 Å². The first-order chi connectivity index (χ1) is 16.5. The lowest BCUT2D eigenvalue weighted by Gasteiger charge is -2.26. The minimum Gasteiger partial charge on any atom is -0.497 e. The van der Waals surface area contributed by atoms with Gasteiger partial charge in [0.05, 0.1) is 25.5 Å². The molecule has 1 saturated heterocycles. The lowest BCUT2D eigenvalue weighted by Crippen LogP contribution is -2.45. The quantitative estimate of drug-likeness (QED) is 0.461. The molecule has 0 saturated carbocycles. The normalized spacial score (nSPS) is 14.1. The minimum atomic E-state index is -0.0843. The van der Waals surface area contributed by atoms with Crippen molar-refractivity contribution in [1.29, 1.82) is 0 Å². The van der Waals surface area contributed by atoms with Gasteiger partial charge in [0.25, 0.3) is 5.91 Å². The molecule has 3 aromatic rings. The number of carbonyl (C=O) groups excluding carboxylic acids is 1. The molecule has 0 unspecified atom stereocenters. The number of hydrazine groups is 1. The maximum absolute atomic E-state index is 13.3. The van der Waals surface area contributed by atoms with Crippen molar-refractivity contribution < 1.29 is 14.3 Å². The molecule has 2 heterocycles. The molecular weight excluding hydrogens is 450 g/mol. The lowest BCUT2D eigenvalue weighted by atomic mass is 10.1. The van der Waals surface area contributed by atoms with Gasteiger partial charge >= 0.3 is 0 Å². The molecule has 7 heteroatoms. The van der Waals surface area contributed by atoms with Crippen LogP contribution in [-0.4, -0.2) is 42.8 Å². The van der Waals surface area contributed by atoms with Gasteiger partial charge in [-0.3, -0.25) is 10.2 Å². The summed E-state index contributed by atoms with van der Waals surface area (Å²) in [5.74, 6) is 1.37. The molecule has 0 atom stereocenters. The van der Waals surface area contributed by atoms with Gasteiger partial charge in [-0.2, -0.15) is 0 Å². The Morgan fingerprint density at radius 2 is 1.79 bits per heavy atom. The third kappa shape index (κ3) is 5.24. The summed E-state index contributed by atoms with van der Waals surface area (Å²) in [5.41, 5.74) is 7.52. The van der Waals surface area contributed by atoms with Crippen LogP contribution in [0.2, 0.25) is 5.02 Å². The first-order valence-corrected chi connectivity index (χ1v) is 12.1. The van der Waals surface area contributed by atoms with Gasteiger partial charge in [-0.15, -0.1) is 0 Å². The molecule has 0 aliphatic carbocycles. The maximum atomic E-state index is 13.3. The van der Waals surface area contributed by atoms with Gasteiger partial charge in [0.15, 0.2) is 0 Å². The smallest absolute Gasteiger partial charge is 0.267 e. The van der Waals surface area contributed by atoms with E-state index in [4.69, 9.17) is 21.1 Å². The molecular formula is C27H32ClN3O3. The third-order valence-corrected chi connectivity index (χ3v) is 6.84. The second kappa shape index (κ2) is 11.0. The summed E-state index contributed by atoms with van der Waals surface area (Å²) in [6, 6.07) is 15.5. The standard InChI is InChI=1S/C27H32ClN3O3/c1-19-22(27(32)29-30-14-7-4-8-15-30)18-25(23-17-21(33-2)11-12-26(23)34-3)31(19)16-13-20-9-5-6-10-24(20)28/h5-6,9-12,17-18H,4,7-8,13-16H2,1-3H3,(H,29,32). The number of carbonyl (C=O) groups is 1. The molecule has 1 aliphatic rings. The van der Waals surface area contributed by atoms with E-state index in [-0.39, 0.29) is 5.91 Å². The van der Waals surface area contributed by atoms with Crippen LogP contribution in [0.25, 0.3) is 11.3 Å². The fourth-order valence-electron chi connectivity index (χ4n) is 4.54. The number of halogens is 1. The first-order valence-electron chi connectivity index (χ1n) is 11.7. The highest BCUT2D eigenvalue weighted by Gasteiger charge is 2.23. The fourth-order valence-corrected chi connectivity index (χ4v) is 4.77. The zero-order valence-corrected chi connectivity index (χ0v) is 20.8. The van der Waals surface area contributed by atoms with E-state index in [2.05, 4.69) is 9.99 Å². The summed E-state index contributed by atoms with van der Waals surface area (Å²) in [7, 11) is 3.30. The number of aryl methyl sites for hydroxylation is 1. The zero-order chi connectivity index (χ0) is 24.1. The highest BCUT2D eigenvalue weighted by molar-refractivity contribution is 6.31. The van der Waals surface area contributed by atoms with E-state index in [1.807, 2.05) is 60.5 Å². The van der Waals surface area contributed by atoms with Crippen LogP contribution >= 0.6 is 11.6 Å². The van der Waals surface area contributed by atoms with Gasteiger partial charge in [0.2, 0.25) is 0 Å². The number of nitrogens with one attached hydrogen (secondary N) is 1. The number of hydrogen-bond donors (Lipinski definition) is 1. The average Bonchev–Trinajstić information content (AvgIpc) is 3.19. The molecule has 0 radical (unpaired) electrons. The van der Waals surface area contributed by atoms with Crippen LogP contribution in [0.15, 0.2) is 48.5 Å².